The standard InChI is InChI=1S/C24H26N4O2/c1-27(2)24(30)22-15-19-14-17(8-10-21(19)26-22)18-6-5-13-28(16-18)23(29)11-9-20-7-3-4-12-25-20/h3-4,6-8,10,12,14-15,26H,5,9,11,13,16H2,1-2H3. The Balaban J connectivity index is 1.46. The first kappa shape index (κ1) is 19.9. The van der Waals surface area contributed by atoms with Crippen molar-refractivity contribution in [1.82, 2.24) is 19.8 Å². The first-order chi connectivity index (χ1) is 14.5. The van der Waals surface area contributed by atoms with E-state index in [9.17, 15) is 9.59 Å². The molecule has 6 heteroatoms. The number of rotatable bonds is 5. The van der Waals surface area contributed by atoms with Crippen molar-refractivity contribution in [2.75, 3.05) is 27.2 Å². The molecule has 2 amide bonds. The van der Waals surface area contributed by atoms with Gasteiger partial charge in [-0.3, -0.25) is 14.6 Å². The molecule has 2 aromatic heterocycles. The van der Waals surface area contributed by atoms with Gasteiger partial charge in [0.2, 0.25) is 5.91 Å². The molecule has 0 aliphatic carbocycles. The minimum Gasteiger partial charge on any atom is -0.351 e. The molecule has 1 aliphatic heterocycles. The lowest BCUT2D eigenvalue weighted by Crippen LogP contribution is -2.35. The van der Waals surface area contributed by atoms with E-state index in [1.165, 1.54) is 0 Å². The second kappa shape index (κ2) is 8.53. The highest BCUT2D eigenvalue weighted by Gasteiger charge is 2.20. The Bertz CT molecular complexity index is 1100. The van der Waals surface area contributed by atoms with Gasteiger partial charge in [-0.05, 0) is 54.3 Å². The lowest BCUT2D eigenvalue weighted by Gasteiger charge is -2.28. The number of H-pyrrole nitrogens is 1. The van der Waals surface area contributed by atoms with Crippen molar-refractivity contribution in [3.05, 3.63) is 71.7 Å². The molecule has 0 saturated heterocycles. The van der Waals surface area contributed by atoms with Crippen LogP contribution in [0.1, 0.15) is 34.6 Å². The van der Waals surface area contributed by atoms with Crippen molar-refractivity contribution in [2.24, 2.45) is 0 Å². The van der Waals surface area contributed by atoms with E-state index < -0.39 is 0 Å². The van der Waals surface area contributed by atoms with Crippen molar-refractivity contribution < 1.29 is 9.59 Å². The number of hydrogen-bond acceptors (Lipinski definition) is 3. The molecule has 4 rings (SSSR count). The van der Waals surface area contributed by atoms with Crippen LogP contribution in [-0.2, 0) is 11.2 Å². The Morgan fingerprint density at radius 1 is 1.17 bits per heavy atom. The van der Waals surface area contributed by atoms with Crippen LogP contribution in [0.4, 0.5) is 0 Å². The highest BCUT2D eigenvalue weighted by molar-refractivity contribution is 5.98. The molecule has 0 bridgehead atoms. The predicted octanol–water partition coefficient (Wildman–Crippen LogP) is 3.51. The summed E-state index contributed by atoms with van der Waals surface area (Å²) in [6.07, 6.45) is 5.95. The number of carbonyl (C=O) groups excluding carboxylic acids is 2. The number of aryl methyl sites for hydroxylation is 1. The molecule has 6 nitrogen and oxygen atoms in total. The van der Waals surface area contributed by atoms with Gasteiger partial charge in [-0.2, -0.15) is 0 Å². The van der Waals surface area contributed by atoms with Gasteiger partial charge in [0.15, 0.2) is 0 Å². The van der Waals surface area contributed by atoms with Gasteiger partial charge in [-0.25, -0.2) is 0 Å². The Hall–Kier alpha value is -3.41. The number of fused-ring (bicyclic) bond motifs is 1. The third-order valence-electron chi connectivity index (χ3n) is 5.45. The van der Waals surface area contributed by atoms with Gasteiger partial charge in [-0.1, -0.05) is 18.2 Å². The first-order valence-corrected chi connectivity index (χ1v) is 10.2. The molecule has 1 aromatic carbocycles. The van der Waals surface area contributed by atoms with Gasteiger partial charge < -0.3 is 14.8 Å². The fourth-order valence-electron chi connectivity index (χ4n) is 3.79. The fraction of sp³-hybridized carbons (Fsp3) is 0.292. The molecular weight excluding hydrogens is 376 g/mol. The fourth-order valence-corrected chi connectivity index (χ4v) is 3.79. The van der Waals surface area contributed by atoms with Crippen molar-refractivity contribution >= 4 is 28.3 Å². The summed E-state index contributed by atoms with van der Waals surface area (Å²) in [4.78, 5) is 35.9. The Kier molecular flexibility index (Phi) is 5.65. The third-order valence-corrected chi connectivity index (χ3v) is 5.45. The number of aromatic amines is 1. The molecule has 0 radical (unpaired) electrons. The van der Waals surface area contributed by atoms with E-state index in [1.807, 2.05) is 35.2 Å². The zero-order chi connectivity index (χ0) is 21.1. The number of carbonyl (C=O) groups is 2. The molecular formula is C24H26N4O2. The van der Waals surface area contributed by atoms with E-state index in [2.05, 4.69) is 28.2 Å². The van der Waals surface area contributed by atoms with Crippen LogP contribution in [0.5, 0.6) is 0 Å². The van der Waals surface area contributed by atoms with Crippen LogP contribution < -0.4 is 0 Å². The summed E-state index contributed by atoms with van der Waals surface area (Å²) in [5.74, 6) is 0.113. The van der Waals surface area contributed by atoms with Crippen LogP contribution in [0, 0.1) is 0 Å². The molecule has 1 N–H and O–H groups in total. The normalized spacial score (nSPS) is 13.9. The van der Waals surface area contributed by atoms with Gasteiger partial charge in [0.05, 0.1) is 0 Å². The molecule has 3 heterocycles. The topological polar surface area (TPSA) is 69.3 Å². The Labute approximate surface area is 176 Å². The summed E-state index contributed by atoms with van der Waals surface area (Å²) in [6, 6.07) is 13.8. The lowest BCUT2D eigenvalue weighted by atomic mass is 9.99. The first-order valence-electron chi connectivity index (χ1n) is 10.2. The Morgan fingerprint density at radius 3 is 2.80 bits per heavy atom. The summed E-state index contributed by atoms with van der Waals surface area (Å²) < 4.78 is 0. The summed E-state index contributed by atoms with van der Waals surface area (Å²) in [5, 5.41) is 0.997. The predicted molar refractivity (Wildman–Crippen MR) is 118 cm³/mol. The number of aromatic nitrogens is 2. The minimum atomic E-state index is -0.0469. The van der Waals surface area contributed by atoms with Crippen molar-refractivity contribution in [1.29, 1.82) is 0 Å². The maximum absolute atomic E-state index is 12.7. The molecule has 0 spiro atoms. The summed E-state index contributed by atoms with van der Waals surface area (Å²) in [5.41, 5.74) is 4.70. The average molecular weight is 402 g/mol. The largest absolute Gasteiger partial charge is 0.351 e. The Morgan fingerprint density at radius 2 is 2.03 bits per heavy atom. The zero-order valence-corrected chi connectivity index (χ0v) is 17.4. The lowest BCUT2D eigenvalue weighted by molar-refractivity contribution is -0.130. The summed E-state index contributed by atoms with van der Waals surface area (Å²) in [6.45, 7) is 1.36. The highest BCUT2D eigenvalue weighted by atomic mass is 16.2. The van der Waals surface area contributed by atoms with Crippen molar-refractivity contribution in [3.63, 3.8) is 0 Å². The second-order valence-corrected chi connectivity index (χ2v) is 7.84. The van der Waals surface area contributed by atoms with E-state index >= 15 is 0 Å². The molecule has 0 saturated carbocycles. The van der Waals surface area contributed by atoms with Gasteiger partial charge in [0.1, 0.15) is 5.69 Å². The van der Waals surface area contributed by atoms with Crippen LogP contribution in [0.2, 0.25) is 0 Å². The summed E-state index contributed by atoms with van der Waals surface area (Å²) in [7, 11) is 3.48. The third kappa shape index (κ3) is 4.27. The quantitative estimate of drug-likeness (QED) is 0.710. The van der Waals surface area contributed by atoms with E-state index in [1.54, 1.807) is 25.2 Å². The average Bonchev–Trinajstić information content (AvgIpc) is 3.21. The number of benzene rings is 1. The zero-order valence-electron chi connectivity index (χ0n) is 17.4. The molecule has 1 aliphatic rings. The molecule has 154 valence electrons. The number of nitrogens with one attached hydrogen (secondary N) is 1. The van der Waals surface area contributed by atoms with Crippen LogP contribution in [0.15, 0.2) is 54.7 Å². The molecule has 30 heavy (non-hydrogen) atoms. The van der Waals surface area contributed by atoms with Gasteiger partial charge in [-0.15, -0.1) is 0 Å². The molecule has 0 fully saturated rings. The number of amides is 2. The molecule has 3 aromatic rings. The van der Waals surface area contributed by atoms with Crippen LogP contribution >= 0.6 is 0 Å². The second-order valence-electron chi connectivity index (χ2n) is 7.84. The van der Waals surface area contributed by atoms with Crippen LogP contribution in [0.25, 0.3) is 16.5 Å². The molecule has 0 atom stereocenters. The van der Waals surface area contributed by atoms with E-state index in [0.29, 0.717) is 25.1 Å². The van der Waals surface area contributed by atoms with Gasteiger partial charge in [0, 0.05) is 56.4 Å². The smallest absolute Gasteiger partial charge is 0.269 e. The number of pyridine rings is 1. The summed E-state index contributed by atoms with van der Waals surface area (Å²) >= 11 is 0. The highest BCUT2D eigenvalue weighted by Crippen LogP contribution is 2.26. The maximum Gasteiger partial charge on any atom is 0.269 e. The van der Waals surface area contributed by atoms with Crippen LogP contribution in [0.3, 0.4) is 0 Å². The number of nitrogens with zero attached hydrogens (tertiary/aromatic N) is 3. The SMILES string of the molecule is CN(C)C(=O)c1cc2cc(C3=CCCN(C(=O)CCc4ccccn4)C3)ccc2[nH]1. The van der Waals surface area contributed by atoms with Gasteiger partial charge in [0.25, 0.3) is 5.91 Å². The van der Waals surface area contributed by atoms with E-state index in [-0.39, 0.29) is 11.8 Å². The monoisotopic (exact) mass is 402 g/mol. The maximum atomic E-state index is 12.7. The van der Waals surface area contributed by atoms with E-state index in [4.69, 9.17) is 0 Å². The van der Waals surface area contributed by atoms with Crippen molar-refractivity contribution in [2.45, 2.75) is 19.3 Å². The minimum absolute atomic E-state index is 0.0469. The van der Waals surface area contributed by atoms with Crippen molar-refractivity contribution in [3.8, 4) is 0 Å². The molecule has 0 unspecified atom stereocenters. The number of hydrogen-bond donors (Lipinski definition) is 1. The van der Waals surface area contributed by atoms with Gasteiger partial charge >= 0.3 is 0 Å². The van der Waals surface area contributed by atoms with E-state index in [0.717, 1.165) is 40.7 Å². The van der Waals surface area contributed by atoms with Crippen LogP contribution in [-0.4, -0.2) is 58.8 Å².